The highest BCUT2D eigenvalue weighted by Gasteiger charge is 2.06. The molecule has 0 saturated heterocycles. The van der Waals surface area contributed by atoms with Crippen LogP contribution in [0.4, 0.5) is 0 Å². The first-order valence-electron chi connectivity index (χ1n) is 2.58. The Labute approximate surface area is 61.4 Å². The highest BCUT2D eigenvalue weighted by atomic mass is 79.9. The summed E-state index contributed by atoms with van der Waals surface area (Å²) in [6.45, 7) is 0.0550. The van der Waals surface area contributed by atoms with E-state index in [0.29, 0.717) is 0 Å². The maximum atomic E-state index is 8.61. The fourth-order valence-corrected chi connectivity index (χ4v) is 0.988. The van der Waals surface area contributed by atoms with E-state index in [1.807, 2.05) is 13.1 Å². The number of aryl methyl sites for hydroxylation is 1. The molecule has 0 atom stereocenters. The Balaban J connectivity index is 2.98. The maximum absolute atomic E-state index is 8.61. The summed E-state index contributed by atoms with van der Waals surface area (Å²) in [7, 11) is 1.86. The minimum atomic E-state index is 0.0550. The summed E-state index contributed by atoms with van der Waals surface area (Å²) in [5.41, 5.74) is 0.810. The van der Waals surface area contributed by atoms with Crippen LogP contribution in [-0.4, -0.2) is 10.2 Å². The number of aromatic nitrogens is 2. The van der Waals surface area contributed by atoms with Crippen LogP contribution < -0.4 is 4.68 Å². The van der Waals surface area contributed by atoms with Crippen LogP contribution in [0.5, 0.6) is 0 Å². The first kappa shape index (κ1) is 6.77. The monoisotopic (exact) mass is 191 g/mol. The lowest BCUT2D eigenvalue weighted by molar-refractivity contribution is -0.737. The van der Waals surface area contributed by atoms with E-state index in [2.05, 4.69) is 21.0 Å². The average Bonchev–Trinajstić information content (AvgIpc) is 2.13. The molecule has 50 valence electrons. The van der Waals surface area contributed by atoms with Crippen molar-refractivity contribution in [2.75, 3.05) is 0 Å². The Hall–Kier alpha value is -0.350. The number of halogens is 1. The predicted octanol–water partition coefficient (Wildman–Crippen LogP) is 0.0940. The highest BCUT2D eigenvalue weighted by Crippen LogP contribution is 2.03. The van der Waals surface area contributed by atoms with Crippen molar-refractivity contribution >= 4 is 15.9 Å². The Morgan fingerprint density at radius 1 is 1.89 bits per heavy atom. The van der Waals surface area contributed by atoms with Crippen molar-refractivity contribution in [3.05, 3.63) is 16.4 Å². The molecule has 0 radical (unpaired) electrons. The van der Waals surface area contributed by atoms with Gasteiger partial charge in [0.1, 0.15) is 5.69 Å². The van der Waals surface area contributed by atoms with Gasteiger partial charge in [-0.3, -0.25) is 0 Å². The van der Waals surface area contributed by atoms with Gasteiger partial charge >= 0.3 is 0 Å². The van der Waals surface area contributed by atoms with Gasteiger partial charge in [-0.15, -0.1) is 4.68 Å². The molecule has 1 heterocycles. The van der Waals surface area contributed by atoms with Crippen LogP contribution in [0.2, 0.25) is 0 Å². The predicted molar refractivity (Wildman–Crippen MR) is 35.6 cm³/mol. The SMILES string of the molecule is C[n+]1[nH]c(CO)cc1Br. The molecule has 0 aliphatic heterocycles. The van der Waals surface area contributed by atoms with Crippen molar-refractivity contribution in [1.82, 2.24) is 5.10 Å². The molecule has 1 aromatic rings. The Kier molecular flexibility index (Phi) is 1.87. The lowest BCUT2D eigenvalue weighted by atomic mass is 10.5. The highest BCUT2D eigenvalue weighted by molar-refractivity contribution is 9.10. The molecule has 9 heavy (non-hydrogen) atoms. The van der Waals surface area contributed by atoms with Crippen LogP contribution in [0.3, 0.4) is 0 Å². The molecule has 4 heteroatoms. The smallest absolute Gasteiger partial charge is 0.273 e. The average molecular weight is 192 g/mol. The van der Waals surface area contributed by atoms with Crippen molar-refractivity contribution in [3.8, 4) is 0 Å². The van der Waals surface area contributed by atoms with Crippen molar-refractivity contribution in [3.63, 3.8) is 0 Å². The van der Waals surface area contributed by atoms with Gasteiger partial charge in [-0.25, -0.2) is 0 Å². The van der Waals surface area contributed by atoms with Gasteiger partial charge in [0.15, 0.2) is 7.05 Å². The second kappa shape index (κ2) is 2.49. The van der Waals surface area contributed by atoms with Crippen LogP contribution in [-0.2, 0) is 13.7 Å². The molecule has 1 rings (SSSR count). The lowest BCUT2D eigenvalue weighted by Gasteiger charge is -1.78. The molecule has 0 aliphatic carbocycles. The molecule has 0 bridgehead atoms. The zero-order valence-corrected chi connectivity index (χ0v) is 6.64. The summed E-state index contributed by atoms with van der Waals surface area (Å²) in [6.07, 6.45) is 0. The van der Waals surface area contributed by atoms with Gasteiger partial charge in [0.25, 0.3) is 4.60 Å². The van der Waals surface area contributed by atoms with Gasteiger partial charge in [-0.2, -0.15) is 5.10 Å². The molecule has 0 spiro atoms. The van der Waals surface area contributed by atoms with E-state index in [4.69, 9.17) is 5.11 Å². The molecule has 3 nitrogen and oxygen atoms in total. The topological polar surface area (TPSA) is 39.9 Å². The molecule has 0 fully saturated rings. The number of hydrogen-bond acceptors (Lipinski definition) is 1. The van der Waals surface area contributed by atoms with Gasteiger partial charge in [-0.1, -0.05) is 0 Å². The van der Waals surface area contributed by atoms with Gasteiger partial charge in [0, 0.05) is 22.0 Å². The third kappa shape index (κ3) is 1.31. The Morgan fingerprint density at radius 3 is 2.78 bits per heavy atom. The summed E-state index contributed by atoms with van der Waals surface area (Å²) < 4.78 is 2.72. The fraction of sp³-hybridized carbons (Fsp3) is 0.400. The van der Waals surface area contributed by atoms with E-state index in [1.54, 1.807) is 4.68 Å². The number of aliphatic hydroxyl groups excluding tert-OH is 1. The summed E-state index contributed by atoms with van der Waals surface area (Å²) in [5.74, 6) is 0. The molecule has 1 aromatic heterocycles. The lowest BCUT2D eigenvalue weighted by Crippen LogP contribution is -2.30. The molecule has 0 unspecified atom stereocenters. The quantitative estimate of drug-likeness (QED) is 0.608. The van der Waals surface area contributed by atoms with Crippen LogP contribution in [0.15, 0.2) is 10.7 Å². The fourth-order valence-electron chi connectivity index (χ4n) is 0.623. The van der Waals surface area contributed by atoms with Crippen molar-refractivity contribution in [2.24, 2.45) is 7.05 Å². The van der Waals surface area contributed by atoms with Crippen LogP contribution in [0.25, 0.3) is 0 Å². The van der Waals surface area contributed by atoms with Crippen LogP contribution in [0, 0.1) is 0 Å². The molecule has 2 N–H and O–H groups in total. The molecule has 0 saturated carbocycles. The number of hydrogen-bond donors (Lipinski definition) is 2. The summed E-state index contributed by atoms with van der Waals surface area (Å²) in [6, 6.07) is 1.83. The van der Waals surface area contributed by atoms with E-state index in [1.165, 1.54) is 0 Å². The number of nitrogens with one attached hydrogen (secondary N) is 1. The minimum Gasteiger partial charge on any atom is -0.390 e. The van der Waals surface area contributed by atoms with Gasteiger partial charge in [0.05, 0.1) is 6.61 Å². The summed E-state index contributed by atoms with van der Waals surface area (Å²) in [4.78, 5) is 0. The zero-order valence-electron chi connectivity index (χ0n) is 5.06. The Bertz CT molecular complexity index is 189. The van der Waals surface area contributed by atoms with E-state index >= 15 is 0 Å². The van der Waals surface area contributed by atoms with Crippen molar-refractivity contribution < 1.29 is 9.79 Å². The van der Waals surface area contributed by atoms with Crippen LogP contribution >= 0.6 is 15.9 Å². The molecular weight excluding hydrogens is 184 g/mol. The van der Waals surface area contributed by atoms with E-state index in [0.717, 1.165) is 10.3 Å². The van der Waals surface area contributed by atoms with Crippen molar-refractivity contribution in [1.29, 1.82) is 0 Å². The third-order valence-corrected chi connectivity index (χ3v) is 1.86. The van der Waals surface area contributed by atoms with Gasteiger partial charge in [0.2, 0.25) is 0 Å². The zero-order chi connectivity index (χ0) is 6.85. The second-order valence-corrected chi connectivity index (χ2v) is 2.63. The summed E-state index contributed by atoms with van der Waals surface area (Å²) in [5, 5.41) is 11.5. The van der Waals surface area contributed by atoms with Crippen molar-refractivity contribution in [2.45, 2.75) is 6.61 Å². The number of rotatable bonds is 1. The minimum absolute atomic E-state index is 0.0550. The molecule has 0 amide bonds. The van der Waals surface area contributed by atoms with E-state index < -0.39 is 0 Å². The van der Waals surface area contributed by atoms with Crippen LogP contribution in [0.1, 0.15) is 5.69 Å². The number of nitrogens with zero attached hydrogens (tertiary/aromatic N) is 1. The molecule has 0 aromatic carbocycles. The standard InChI is InChI=1S/C5H7BrN2O/c1-8-5(6)2-4(3-9)7-8/h2,9H,3H2,1H3/p+1. The Morgan fingerprint density at radius 2 is 2.56 bits per heavy atom. The largest absolute Gasteiger partial charge is 0.390 e. The maximum Gasteiger partial charge on any atom is 0.273 e. The first-order valence-corrected chi connectivity index (χ1v) is 3.37. The molecular formula is C5H8BrN2O+. The third-order valence-electron chi connectivity index (χ3n) is 1.10. The number of aliphatic hydroxyl groups is 1. The number of H-pyrrole nitrogens is 1. The first-order chi connectivity index (χ1) is 4.24. The van der Waals surface area contributed by atoms with Gasteiger partial charge < -0.3 is 5.11 Å². The molecule has 0 aliphatic rings. The number of aromatic amines is 1. The van der Waals surface area contributed by atoms with E-state index in [-0.39, 0.29) is 6.61 Å². The normalized spacial score (nSPS) is 10.1. The van der Waals surface area contributed by atoms with E-state index in [9.17, 15) is 0 Å². The van der Waals surface area contributed by atoms with Gasteiger partial charge in [-0.05, 0) is 0 Å². The summed E-state index contributed by atoms with van der Waals surface area (Å²) >= 11 is 3.28. The second-order valence-electron chi connectivity index (χ2n) is 1.82.